The van der Waals surface area contributed by atoms with E-state index in [4.69, 9.17) is 23.7 Å². The van der Waals surface area contributed by atoms with Crippen LogP contribution in [-0.2, 0) is 4.74 Å². The molecular formula is C23H27NO5. The van der Waals surface area contributed by atoms with Crippen LogP contribution in [0.15, 0.2) is 48.5 Å². The Bertz CT molecular complexity index is 828. The average Bonchev–Trinajstić information content (AvgIpc) is 2.74. The fraction of sp³-hybridized carbons (Fsp3) is 0.478. The Morgan fingerprint density at radius 2 is 1.24 bits per heavy atom. The molecule has 0 saturated carbocycles. The van der Waals surface area contributed by atoms with Crippen molar-refractivity contribution < 1.29 is 23.7 Å². The Kier molecular flexibility index (Phi) is 5.45. The molecule has 2 aromatic rings. The van der Waals surface area contributed by atoms with Crippen LogP contribution in [0.5, 0.6) is 23.0 Å². The number of benzene rings is 2. The van der Waals surface area contributed by atoms with E-state index in [0.717, 1.165) is 42.3 Å². The van der Waals surface area contributed by atoms with E-state index in [-0.39, 0.29) is 18.3 Å². The molecule has 0 aliphatic carbocycles. The van der Waals surface area contributed by atoms with Gasteiger partial charge in [0.1, 0.15) is 19.8 Å². The first-order valence-electron chi connectivity index (χ1n) is 10.5. The number of hydrogen-bond acceptors (Lipinski definition) is 6. The van der Waals surface area contributed by atoms with E-state index in [2.05, 4.69) is 4.90 Å². The minimum Gasteiger partial charge on any atom is -0.488 e. The molecule has 1 saturated heterocycles. The summed E-state index contributed by atoms with van der Waals surface area (Å²) in [5, 5.41) is 0. The van der Waals surface area contributed by atoms with E-state index >= 15 is 0 Å². The lowest BCUT2D eigenvalue weighted by molar-refractivity contribution is -0.119. The van der Waals surface area contributed by atoms with Crippen molar-refractivity contribution in [3.63, 3.8) is 0 Å². The van der Waals surface area contributed by atoms with Crippen molar-refractivity contribution in [2.75, 3.05) is 33.0 Å². The summed E-state index contributed by atoms with van der Waals surface area (Å²) in [5.41, 5.74) is 0. The monoisotopic (exact) mass is 397 g/mol. The van der Waals surface area contributed by atoms with Crippen molar-refractivity contribution in [1.82, 2.24) is 4.90 Å². The Hall–Kier alpha value is -2.44. The molecule has 2 aromatic carbocycles. The summed E-state index contributed by atoms with van der Waals surface area (Å²) in [4.78, 5) is 2.42. The molecule has 0 radical (unpaired) electrons. The third kappa shape index (κ3) is 4.00. The molecule has 0 spiro atoms. The number of para-hydroxylation sites is 4. The molecule has 0 amide bonds. The van der Waals surface area contributed by atoms with Gasteiger partial charge in [0.25, 0.3) is 0 Å². The van der Waals surface area contributed by atoms with Crippen molar-refractivity contribution in [1.29, 1.82) is 0 Å². The average molecular weight is 397 g/mol. The molecule has 3 heterocycles. The van der Waals surface area contributed by atoms with Crippen LogP contribution < -0.4 is 18.9 Å². The lowest BCUT2D eigenvalue weighted by Gasteiger charge is -2.46. The van der Waals surface area contributed by atoms with Crippen LogP contribution >= 0.6 is 0 Å². The molecule has 1 fully saturated rings. The van der Waals surface area contributed by atoms with E-state index in [1.54, 1.807) is 0 Å². The van der Waals surface area contributed by atoms with Gasteiger partial charge in [-0.05, 0) is 37.1 Å². The zero-order valence-electron chi connectivity index (χ0n) is 16.5. The molecule has 29 heavy (non-hydrogen) atoms. The van der Waals surface area contributed by atoms with Crippen molar-refractivity contribution in [3.8, 4) is 23.0 Å². The highest BCUT2D eigenvalue weighted by Gasteiger charge is 2.39. The van der Waals surface area contributed by atoms with Crippen LogP contribution in [0.25, 0.3) is 0 Å². The largest absolute Gasteiger partial charge is 0.488 e. The van der Waals surface area contributed by atoms with Crippen LogP contribution in [0, 0.1) is 0 Å². The zero-order chi connectivity index (χ0) is 19.5. The van der Waals surface area contributed by atoms with E-state index in [9.17, 15) is 0 Å². The van der Waals surface area contributed by atoms with Gasteiger partial charge >= 0.3 is 0 Å². The molecule has 0 aromatic heterocycles. The molecule has 5 rings (SSSR count). The van der Waals surface area contributed by atoms with Crippen LogP contribution in [-0.4, -0.2) is 56.2 Å². The van der Waals surface area contributed by atoms with Gasteiger partial charge in [-0.3, -0.25) is 4.90 Å². The third-order valence-corrected chi connectivity index (χ3v) is 5.82. The first kappa shape index (κ1) is 18.6. The van der Waals surface area contributed by atoms with E-state index in [1.807, 2.05) is 48.5 Å². The molecule has 3 unspecified atom stereocenters. The molecule has 6 heteroatoms. The van der Waals surface area contributed by atoms with Gasteiger partial charge in [0.05, 0.1) is 13.2 Å². The normalized spacial score (nSPS) is 27.4. The second-order valence-electron chi connectivity index (χ2n) is 7.70. The van der Waals surface area contributed by atoms with Crippen molar-refractivity contribution in [2.45, 2.75) is 37.6 Å². The second-order valence-corrected chi connectivity index (χ2v) is 7.70. The van der Waals surface area contributed by atoms with Gasteiger partial charge in [0.2, 0.25) is 0 Å². The van der Waals surface area contributed by atoms with Gasteiger partial charge in [0, 0.05) is 12.1 Å². The lowest BCUT2D eigenvalue weighted by Crippen LogP contribution is -2.59. The van der Waals surface area contributed by atoms with Gasteiger partial charge in [0.15, 0.2) is 29.2 Å². The minimum absolute atomic E-state index is 0.186. The predicted molar refractivity (Wildman–Crippen MR) is 108 cm³/mol. The topological polar surface area (TPSA) is 49.4 Å². The number of piperidine rings is 1. The summed E-state index contributed by atoms with van der Waals surface area (Å²) in [6.45, 7) is 2.67. The first-order valence-corrected chi connectivity index (χ1v) is 10.5. The number of nitrogens with zero attached hydrogens (tertiary/aromatic N) is 1. The molecule has 0 N–H and O–H groups in total. The maximum absolute atomic E-state index is 6.43. The van der Waals surface area contributed by atoms with Crippen LogP contribution in [0.2, 0.25) is 0 Å². The summed E-state index contributed by atoms with van der Waals surface area (Å²) >= 11 is 0. The molecular weight excluding hydrogens is 370 g/mol. The Morgan fingerprint density at radius 1 is 0.655 bits per heavy atom. The van der Waals surface area contributed by atoms with E-state index in [0.29, 0.717) is 33.0 Å². The molecule has 3 aliphatic heterocycles. The SMILES string of the molecule is c1ccc2c(c1)OCCOCC1Oc3ccccc3OCC3CCCC(CO2)N31. The zero-order valence-corrected chi connectivity index (χ0v) is 16.5. The number of ether oxygens (including phenoxy) is 5. The van der Waals surface area contributed by atoms with Crippen molar-refractivity contribution in [3.05, 3.63) is 48.5 Å². The standard InChI is InChI=1S/C23H27NO5/c1-2-9-20-19(8-1)26-13-12-25-16-23-24-17(14-27-20)6-5-7-18(24)15-28-21-10-3-4-11-22(21)29-23/h1-4,8-11,17-18,23H,5-7,12-16H2. The van der Waals surface area contributed by atoms with Gasteiger partial charge in [-0.15, -0.1) is 0 Å². The van der Waals surface area contributed by atoms with Gasteiger partial charge in [-0.1, -0.05) is 30.7 Å². The summed E-state index contributed by atoms with van der Waals surface area (Å²) < 4.78 is 30.7. The highest BCUT2D eigenvalue weighted by Crippen LogP contribution is 2.35. The van der Waals surface area contributed by atoms with Gasteiger partial charge in [-0.25, -0.2) is 0 Å². The Labute approximate surface area is 171 Å². The van der Waals surface area contributed by atoms with Crippen molar-refractivity contribution >= 4 is 0 Å². The van der Waals surface area contributed by atoms with Crippen LogP contribution in [0.3, 0.4) is 0 Å². The van der Waals surface area contributed by atoms with Crippen LogP contribution in [0.4, 0.5) is 0 Å². The quantitative estimate of drug-likeness (QED) is 0.678. The third-order valence-electron chi connectivity index (χ3n) is 5.82. The molecule has 0 bridgehead atoms. The summed E-state index contributed by atoms with van der Waals surface area (Å²) in [6, 6.07) is 16.2. The number of rotatable bonds is 0. The van der Waals surface area contributed by atoms with Crippen LogP contribution in [0.1, 0.15) is 19.3 Å². The summed E-state index contributed by atoms with van der Waals surface area (Å²) in [6.07, 6.45) is 3.10. The first-order chi connectivity index (χ1) is 14.4. The van der Waals surface area contributed by atoms with Gasteiger partial charge in [-0.2, -0.15) is 0 Å². The summed E-state index contributed by atoms with van der Waals surface area (Å²) in [7, 11) is 0. The molecule has 3 aliphatic rings. The Balaban J connectivity index is 1.45. The molecule has 3 atom stereocenters. The minimum atomic E-state index is -0.186. The molecule has 154 valence electrons. The highest BCUT2D eigenvalue weighted by atomic mass is 16.6. The fourth-order valence-electron chi connectivity index (χ4n) is 4.44. The van der Waals surface area contributed by atoms with E-state index in [1.165, 1.54) is 0 Å². The Morgan fingerprint density at radius 3 is 1.93 bits per heavy atom. The number of fused-ring (bicyclic) bond motifs is 2. The maximum atomic E-state index is 6.43. The lowest BCUT2D eigenvalue weighted by atomic mass is 9.95. The fourth-order valence-corrected chi connectivity index (χ4v) is 4.44. The molecule has 6 nitrogen and oxygen atoms in total. The summed E-state index contributed by atoms with van der Waals surface area (Å²) in [5.74, 6) is 3.11. The predicted octanol–water partition coefficient (Wildman–Crippen LogP) is 3.50. The smallest absolute Gasteiger partial charge is 0.177 e. The highest BCUT2D eigenvalue weighted by molar-refractivity contribution is 5.40. The van der Waals surface area contributed by atoms with E-state index < -0.39 is 0 Å². The number of hydrogen-bond donors (Lipinski definition) is 0. The van der Waals surface area contributed by atoms with Gasteiger partial charge < -0.3 is 23.7 Å². The second kappa shape index (κ2) is 8.51. The maximum Gasteiger partial charge on any atom is 0.177 e. The van der Waals surface area contributed by atoms with Crippen molar-refractivity contribution in [2.24, 2.45) is 0 Å².